The van der Waals surface area contributed by atoms with Gasteiger partial charge in [-0.15, -0.1) is 11.3 Å². The first kappa shape index (κ1) is 15.8. The van der Waals surface area contributed by atoms with Gasteiger partial charge in [0.15, 0.2) is 0 Å². The number of aromatic nitrogens is 2. The summed E-state index contributed by atoms with van der Waals surface area (Å²) >= 11 is 5.17. The van der Waals surface area contributed by atoms with Crippen molar-refractivity contribution in [2.45, 2.75) is 6.04 Å². The molecule has 2 aromatic carbocycles. The molecule has 6 heteroatoms. The largest absolute Gasteiger partial charge is 0.361 e. The minimum atomic E-state index is -0.237. The number of nitrogens with one attached hydrogen (secondary N) is 2. The summed E-state index contributed by atoms with van der Waals surface area (Å²) in [4.78, 5) is 4.52. The quantitative estimate of drug-likeness (QED) is 0.409. The van der Waals surface area contributed by atoms with Gasteiger partial charge in [0.2, 0.25) is 0 Å². The van der Waals surface area contributed by atoms with Gasteiger partial charge in [-0.2, -0.15) is 0 Å². The van der Waals surface area contributed by atoms with E-state index in [0.717, 1.165) is 31.3 Å². The molecule has 0 aliphatic carbocycles. The zero-order chi connectivity index (χ0) is 17.7. The zero-order valence-corrected chi connectivity index (χ0v) is 15.9. The minimum absolute atomic E-state index is 0.203. The van der Waals surface area contributed by atoms with Gasteiger partial charge in [0.05, 0.1) is 8.66 Å². The number of H-pyrrole nitrogens is 1. The van der Waals surface area contributed by atoms with E-state index in [1.807, 2.05) is 42.5 Å². The number of rotatable bonds is 2. The van der Waals surface area contributed by atoms with E-state index in [0.29, 0.717) is 5.56 Å². The number of imidazole rings is 1. The van der Waals surface area contributed by atoms with E-state index < -0.39 is 0 Å². The lowest BCUT2D eigenvalue weighted by Gasteiger charge is -2.20. The Kier molecular flexibility index (Phi) is 3.69. The Labute approximate surface area is 161 Å². The topological polar surface area (TPSA) is 31.7 Å². The van der Waals surface area contributed by atoms with Crippen molar-refractivity contribution in [3.8, 4) is 0 Å². The Morgan fingerprint density at radius 1 is 1.00 bits per heavy atom. The summed E-state index contributed by atoms with van der Waals surface area (Å²) in [6, 6.07) is 18.9. The van der Waals surface area contributed by atoms with Gasteiger partial charge < -0.3 is 0 Å². The molecular formula is C20H14BrFN3S+. The van der Waals surface area contributed by atoms with Crippen LogP contribution in [0.15, 0.2) is 70.5 Å². The molecule has 0 saturated heterocycles. The highest BCUT2D eigenvalue weighted by Gasteiger charge is 2.32. The first-order chi connectivity index (χ1) is 12.7. The number of thiophene rings is 1. The van der Waals surface area contributed by atoms with Crippen LogP contribution in [0.1, 0.15) is 16.5 Å². The standard InChI is InChI=1S/C20H13BrFN3S/c21-19-10-9-18(26-19)15-11-17(12-5-1-2-6-13(12)22)25-16-8-4-3-7-14(16)23-20(25)24-15/h1-11,17H,(H,23,24)/p+1. The van der Waals surface area contributed by atoms with Gasteiger partial charge >= 0.3 is 5.95 Å². The van der Waals surface area contributed by atoms with Gasteiger partial charge in [0.1, 0.15) is 28.6 Å². The fraction of sp³-hybridized carbons (Fsp3) is 0.0500. The third kappa shape index (κ3) is 2.48. The number of nitrogens with zero attached hydrogens (tertiary/aromatic N) is 1. The predicted molar refractivity (Wildman–Crippen MR) is 107 cm³/mol. The van der Waals surface area contributed by atoms with Gasteiger partial charge in [-0.25, -0.2) is 19.3 Å². The molecule has 0 amide bonds. The summed E-state index contributed by atoms with van der Waals surface area (Å²) in [5, 5.41) is 3.47. The number of hydrogen-bond acceptors (Lipinski definition) is 2. The number of benzene rings is 2. The molecule has 3 nitrogen and oxygen atoms in total. The van der Waals surface area contributed by atoms with E-state index in [-0.39, 0.29) is 11.9 Å². The Morgan fingerprint density at radius 2 is 1.81 bits per heavy atom. The van der Waals surface area contributed by atoms with Gasteiger partial charge in [-0.3, -0.25) is 0 Å². The molecule has 0 fully saturated rings. The van der Waals surface area contributed by atoms with Gasteiger partial charge in [0.25, 0.3) is 0 Å². The maximum Gasteiger partial charge on any atom is 0.361 e. The molecule has 1 aliphatic rings. The molecule has 1 aliphatic heterocycles. The Bertz CT molecular complexity index is 1160. The number of aromatic amines is 1. The number of anilines is 1. The second-order valence-corrected chi connectivity index (χ2v) is 8.60. The molecule has 1 unspecified atom stereocenters. The van der Waals surface area contributed by atoms with Crippen LogP contribution in [0, 0.1) is 5.82 Å². The van der Waals surface area contributed by atoms with E-state index in [1.54, 1.807) is 17.4 Å². The van der Waals surface area contributed by atoms with Crippen LogP contribution in [0.2, 0.25) is 0 Å². The van der Waals surface area contributed by atoms with Crippen molar-refractivity contribution in [2.24, 2.45) is 0 Å². The van der Waals surface area contributed by atoms with Gasteiger partial charge in [-0.1, -0.05) is 30.3 Å². The zero-order valence-electron chi connectivity index (χ0n) is 13.5. The SMILES string of the molecule is Fc1ccccc1C1C=C(c2ccc(Br)s2)Nc2[nH]c3ccccc3[n+]21. The Balaban J connectivity index is 1.76. The van der Waals surface area contributed by atoms with Crippen LogP contribution in [-0.2, 0) is 0 Å². The number of allylic oxidation sites excluding steroid dienone is 1. The van der Waals surface area contributed by atoms with Gasteiger partial charge in [-0.05, 0) is 52.3 Å². The monoisotopic (exact) mass is 426 g/mol. The highest BCUT2D eigenvalue weighted by atomic mass is 79.9. The smallest absolute Gasteiger partial charge is 0.243 e. The van der Waals surface area contributed by atoms with Crippen molar-refractivity contribution >= 4 is 49.9 Å². The van der Waals surface area contributed by atoms with Crippen molar-refractivity contribution in [3.63, 3.8) is 0 Å². The van der Waals surface area contributed by atoms with Crippen molar-refractivity contribution < 1.29 is 8.96 Å². The molecule has 1 atom stereocenters. The van der Waals surface area contributed by atoms with Crippen LogP contribution in [0.25, 0.3) is 16.7 Å². The first-order valence-corrected chi connectivity index (χ1v) is 9.83. The molecule has 2 N–H and O–H groups in total. The molecule has 128 valence electrons. The van der Waals surface area contributed by atoms with Crippen molar-refractivity contribution in [1.82, 2.24) is 4.98 Å². The third-order valence-corrected chi connectivity index (χ3v) is 6.23. The third-order valence-electron chi connectivity index (χ3n) is 4.58. The summed E-state index contributed by atoms with van der Waals surface area (Å²) in [5.74, 6) is 0.646. The fourth-order valence-corrected chi connectivity index (χ4v) is 4.79. The molecule has 26 heavy (non-hydrogen) atoms. The fourth-order valence-electron chi connectivity index (χ4n) is 3.43. The normalized spacial score (nSPS) is 16.2. The summed E-state index contributed by atoms with van der Waals surface area (Å²) in [6.45, 7) is 0. The minimum Gasteiger partial charge on any atom is -0.243 e. The molecule has 2 aromatic heterocycles. The first-order valence-electron chi connectivity index (χ1n) is 8.22. The molecule has 3 heterocycles. The average molecular weight is 427 g/mol. The molecule has 0 bridgehead atoms. The summed E-state index contributed by atoms with van der Waals surface area (Å²) in [6.07, 6.45) is 2.09. The number of hydrogen-bond donors (Lipinski definition) is 2. The lowest BCUT2D eigenvalue weighted by Crippen LogP contribution is -2.44. The number of fused-ring (bicyclic) bond motifs is 3. The van der Waals surface area contributed by atoms with E-state index >= 15 is 0 Å². The highest BCUT2D eigenvalue weighted by molar-refractivity contribution is 9.11. The molecule has 0 radical (unpaired) electrons. The number of para-hydroxylation sites is 2. The van der Waals surface area contributed by atoms with Crippen LogP contribution in [0.5, 0.6) is 0 Å². The van der Waals surface area contributed by atoms with Gasteiger partial charge in [0, 0.05) is 5.56 Å². The van der Waals surface area contributed by atoms with Crippen molar-refractivity contribution in [3.05, 3.63) is 86.8 Å². The van der Waals surface area contributed by atoms with Crippen LogP contribution in [-0.4, -0.2) is 4.98 Å². The van der Waals surface area contributed by atoms with Crippen LogP contribution in [0.3, 0.4) is 0 Å². The van der Waals surface area contributed by atoms with E-state index in [2.05, 4.69) is 42.9 Å². The van der Waals surface area contributed by atoms with Crippen molar-refractivity contribution in [2.75, 3.05) is 5.32 Å². The second kappa shape index (κ2) is 6.07. The Morgan fingerprint density at radius 3 is 2.62 bits per heavy atom. The van der Waals surface area contributed by atoms with E-state index in [9.17, 15) is 4.39 Å². The Hall–Kier alpha value is -2.44. The maximum absolute atomic E-state index is 14.6. The molecule has 0 saturated carbocycles. The van der Waals surface area contributed by atoms with E-state index in [4.69, 9.17) is 0 Å². The summed E-state index contributed by atoms with van der Waals surface area (Å²) in [7, 11) is 0. The molecule has 0 spiro atoms. The predicted octanol–water partition coefficient (Wildman–Crippen LogP) is 5.47. The average Bonchev–Trinajstić information content (AvgIpc) is 3.24. The maximum atomic E-state index is 14.6. The number of halogens is 2. The van der Waals surface area contributed by atoms with Crippen LogP contribution < -0.4 is 9.88 Å². The van der Waals surface area contributed by atoms with Crippen LogP contribution >= 0.6 is 27.3 Å². The van der Waals surface area contributed by atoms with Crippen molar-refractivity contribution in [1.29, 1.82) is 0 Å². The van der Waals surface area contributed by atoms with Crippen LogP contribution in [0.4, 0.5) is 10.3 Å². The second-order valence-electron chi connectivity index (χ2n) is 6.14. The summed E-state index contributed by atoms with van der Waals surface area (Å²) in [5.41, 5.74) is 3.67. The molecule has 4 aromatic rings. The van der Waals surface area contributed by atoms with E-state index in [1.165, 1.54) is 6.07 Å². The molecular weight excluding hydrogens is 413 g/mol. The lowest BCUT2D eigenvalue weighted by molar-refractivity contribution is -0.664. The lowest BCUT2D eigenvalue weighted by atomic mass is 10.0. The highest BCUT2D eigenvalue weighted by Crippen LogP contribution is 2.34. The summed E-state index contributed by atoms with van der Waals surface area (Å²) < 4.78 is 17.8. The molecule has 5 rings (SSSR count).